The second-order valence-electron chi connectivity index (χ2n) is 3.71. The van der Waals surface area contributed by atoms with E-state index in [-0.39, 0.29) is 12.0 Å². The third-order valence-corrected chi connectivity index (χ3v) is 2.67. The van der Waals surface area contributed by atoms with Gasteiger partial charge < -0.3 is 9.30 Å². The first-order valence-corrected chi connectivity index (χ1v) is 5.46. The SMILES string of the molecule is CCOC(=O)C(C)n1ccc2ccccc21. The van der Waals surface area contributed by atoms with Crippen LogP contribution in [-0.4, -0.2) is 17.1 Å². The summed E-state index contributed by atoms with van der Waals surface area (Å²) in [4.78, 5) is 11.6. The molecule has 0 amide bonds. The zero-order chi connectivity index (χ0) is 11.5. The number of nitrogens with zero attached hydrogens (tertiary/aromatic N) is 1. The second-order valence-corrected chi connectivity index (χ2v) is 3.71. The van der Waals surface area contributed by atoms with Crippen molar-refractivity contribution in [1.29, 1.82) is 0 Å². The van der Waals surface area contributed by atoms with Gasteiger partial charge in [0, 0.05) is 11.7 Å². The lowest BCUT2D eigenvalue weighted by Crippen LogP contribution is -2.18. The van der Waals surface area contributed by atoms with Crippen molar-refractivity contribution in [2.45, 2.75) is 19.9 Å². The van der Waals surface area contributed by atoms with Crippen LogP contribution in [0.1, 0.15) is 19.9 Å². The van der Waals surface area contributed by atoms with Crippen LogP contribution in [0.15, 0.2) is 36.5 Å². The molecule has 0 saturated carbocycles. The molecule has 2 aromatic rings. The van der Waals surface area contributed by atoms with Gasteiger partial charge >= 0.3 is 5.97 Å². The van der Waals surface area contributed by atoms with Crippen molar-refractivity contribution in [3.05, 3.63) is 36.5 Å². The molecule has 1 aromatic carbocycles. The highest BCUT2D eigenvalue weighted by Gasteiger charge is 2.16. The minimum absolute atomic E-state index is 0.191. The number of ether oxygens (including phenoxy) is 1. The third kappa shape index (κ3) is 1.81. The zero-order valence-electron chi connectivity index (χ0n) is 9.51. The van der Waals surface area contributed by atoms with Gasteiger partial charge in [-0.1, -0.05) is 18.2 Å². The van der Waals surface area contributed by atoms with Gasteiger partial charge in [0.1, 0.15) is 6.04 Å². The molecule has 3 nitrogen and oxygen atoms in total. The van der Waals surface area contributed by atoms with E-state index < -0.39 is 0 Å². The van der Waals surface area contributed by atoms with E-state index in [4.69, 9.17) is 4.74 Å². The van der Waals surface area contributed by atoms with Gasteiger partial charge in [-0.2, -0.15) is 0 Å². The first-order valence-electron chi connectivity index (χ1n) is 5.46. The van der Waals surface area contributed by atoms with Gasteiger partial charge in [-0.05, 0) is 31.4 Å². The standard InChI is InChI=1S/C13H15NO2/c1-3-16-13(15)10(2)14-9-8-11-6-4-5-7-12(11)14/h4-10H,3H2,1-2H3. The summed E-state index contributed by atoms with van der Waals surface area (Å²) in [5.74, 6) is -0.191. The summed E-state index contributed by atoms with van der Waals surface area (Å²) < 4.78 is 6.95. The lowest BCUT2D eigenvalue weighted by atomic mass is 10.2. The fourth-order valence-electron chi connectivity index (χ4n) is 1.82. The number of carbonyl (C=O) groups is 1. The Hall–Kier alpha value is -1.77. The van der Waals surface area contributed by atoms with Gasteiger partial charge in [0.15, 0.2) is 0 Å². The van der Waals surface area contributed by atoms with Gasteiger partial charge in [0.05, 0.1) is 6.61 Å². The van der Waals surface area contributed by atoms with Crippen LogP contribution in [0.4, 0.5) is 0 Å². The number of para-hydroxylation sites is 1. The van der Waals surface area contributed by atoms with Gasteiger partial charge in [0.2, 0.25) is 0 Å². The maximum absolute atomic E-state index is 11.6. The molecule has 0 N–H and O–H groups in total. The van der Waals surface area contributed by atoms with Crippen LogP contribution in [-0.2, 0) is 9.53 Å². The van der Waals surface area contributed by atoms with E-state index in [0.29, 0.717) is 6.61 Å². The highest BCUT2D eigenvalue weighted by Crippen LogP contribution is 2.20. The summed E-state index contributed by atoms with van der Waals surface area (Å²) in [5.41, 5.74) is 1.06. The van der Waals surface area contributed by atoms with Crippen LogP contribution in [0.2, 0.25) is 0 Å². The number of esters is 1. The predicted molar refractivity (Wildman–Crippen MR) is 63.3 cm³/mol. The highest BCUT2D eigenvalue weighted by atomic mass is 16.5. The molecule has 0 aliphatic heterocycles. The van der Waals surface area contributed by atoms with E-state index in [1.165, 1.54) is 0 Å². The van der Waals surface area contributed by atoms with Gasteiger partial charge in [-0.15, -0.1) is 0 Å². The van der Waals surface area contributed by atoms with E-state index in [1.54, 1.807) is 0 Å². The Labute approximate surface area is 94.6 Å². The topological polar surface area (TPSA) is 31.2 Å². The van der Waals surface area contributed by atoms with E-state index in [9.17, 15) is 4.79 Å². The van der Waals surface area contributed by atoms with Crippen molar-refractivity contribution >= 4 is 16.9 Å². The van der Waals surface area contributed by atoms with Crippen LogP contribution in [0.3, 0.4) is 0 Å². The van der Waals surface area contributed by atoms with Gasteiger partial charge in [0.25, 0.3) is 0 Å². The van der Waals surface area contributed by atoms with Crippen molar-refractivity contribution in [3.63, 3.8) is 0 Å². The van der Waals surface area contributed by atoms with Crippen molar-refractivity contribution < 1.29 is 9.53 Å². The molecule has 2 rings (SSSR count). The van der Waals surface area contributed by atoms with Crippen LogP contribution in [0, 0.1) is 0 Å². The number of aromatic nitrogens is 1. The summed E-state index contributed by atoms with van der Waals surface area (Å²) in [5, 5.41) is 1.14. The quantitative estimate of drug-likeness (QED) is 0.740. The van der Waals surface area contributed by atoms with Gasteiger partial charge in [-0.3, -0.25) is 0 Å². The summed E-state index contributed by atoms with van der Waals surface area (Å²) in [6, 6.07) is 9.72. The van der Waals surface area contributed by atoms with E-state index in [2.05, 4.69) is 0 Å². The van der Waals surface area contributed by atoms with Crippen LogP contribution >= 0.6 is 0 Å². The molecule has 16 heavy (non-hydrogen) atoms. The summed E-state index contributed by atoms with van der Waals surface area (Å²) in [7, 11) is 0. The average Bonchev–Trinajstić information content (AvgIpc) is 2.72. The molecule has 84 valence electrons. The fraction of sp³-hybridized carbons (Fsp3) is 0.308. The number of hydrogen-bond acceptors (Lipinski definition) is 2. The third-order valence-electron chi connectivity index (χ3n) is 2.67. The molecule has 0 aliphatic rings. The molecule has 1 aromatic heterocycles. The molecule has 3 heteroatoms. The molecule has 0 saturated heterocycles. The van der Waals surface area contributed by atoms with E-state index >= 15 is 0 Å². The molecule has 0 fully saturated rings. The first-order chi connectivity index (χ1) is 7.74. The molecule has 0 bridgehead atoms. The Morgan fingerprint density at radius 1 is 1.38 bits per heavy atom. The minimum Gasteiger partial charge on any atom is -0.464 e. The van der Waals surface area contributed by atoms with E-state index in [1.807, 2.05) is 54.9 Å². The Morgan fingerprint density at radius 2 is 2.12 bits per heavy atom. The van der Waals surface area contributed by atoms with Crippen LogP contribution in [0.25, 0.3) is 10.9 Å². The van der Waals surface area contributed by atoms with Gasteiger partial charge in [-0.25, -0.2) is 4.79 Å². The maximum atomic E-state index is 11.6. The second kappa shape index (κ2) is 4.39. The van der Waals surface area contributed by atoms with Crippen molar-refractivity contribution in [2.75, 3.05) is 6.61 Å². The molecular weight excluding hydrogens is 202 g/mol. The fourth-order valence-corrected chi connectivity index (χ4v) is 1.82. The molecule has 0 aliphatic carbocycles. The number of carbonyl (C=O) groups excluding carboxylic acids is 1. The molecule has 1 atom stereocenters. The van der Waals surface area contributed by atoms with Crippen molar-refractivity contribution in [2.24, 2.45) is 0 Å². The smallest absolute Gasteiger partial charge is 0.328 e. The molecule has 0 radical (unpaired) electrons. The van der Waals surface area contributed by atoms with Crippen molar-refractivity contribution in [3.8, 4) is 0 Å². The van der Waals surface area contributed by atoms with Crippen molar-refractivity contribution in [1.82, 2.24) is 4.57 Å². The Balaban J connectivity index is 2.36. The monoisotopic (exact) mass is 217 g/mol. The largest absolute Gasteiger partial charge is 0.464 e. The Kier molecular flexibility index (Phi) is 2.95. The molecule has 1 heterocycles. The summed E-state index contributed by atoms with van der Waals surface area (Å²) >= 11 is 0. The lowest BCUT2D eigenvalue weighted by Gasteiger charge is -2.13. The maximum Gasteiger partial charge on any atom is 0.328 e. The predicted octanol–water partition coefficient (Wildman–Crippen LogP) is 2.77. The Bertz CT molecular complexity index is 501. The minimum atomic E-state index is -0.278. The molecular formula is C13H15NO2. The Morgan fingerprint density at radius 3 is 2.88 bits per heavy atom. The number of rotatable bonds is 3. The van der Waals surface area contributed by atoms with E-state index in [0.717, 1.165) is 10.9 Å². The number of fused-ring (bicyclic) bond motifs is 1. The number of benzene rings is 1. The average molecular weight is 217 g/mol. The summed E-state index contributed by atoms with van der Waals surface area (Å²) in [6.45, 7) is 4.09. The first kappa shape index (κ1) is 10.7. The van der Waals surface area contributed by atoms with Crippen LogP contribution < -0.4 is 0 Å². The number of hydrogen-bond donors (Lipinski definition) is 0. The highest BCUT2D eigenvalue weighted by molar-refractivity contribution is 5.83. The lowest BCUT2D eigenvalue weighted by molar-refractivity contribution is -0.146. The molecule has 1 unspecified atom stereocenters. The zero-order valence-corrected chi connectivity index (χ0v) is 9.51. The summed E-state index contributed by atoms with van der Waals surface area (Å²) in [6.07, 6.45) is 1.92. The van der Waals surface area contributed by atoms with Crippen LogP contribution in [0.5, 0.6) is 0 Å². The molecule has 0 spiro atoms. The normalized spacial score (nSPS) is 12.6.